The number of rotatable bonds is 7. The number of nitrogens with one attached hydrogen (secondary N) is 2. The molecule has 15 heteroatoms. The molecule has 212 valence electrons. The number of anilines is 1. The van der Waals surface area contributed by atoms with Crippen LogP contribution in [0.5, 0.6) is 0 Å². The molecule has 0 fully saturated rings. The molecule has 3 heterocycles. The molecule has 0 saturated heterocycles. The van der Waals surface area contributed by atoms with Crippen molar-refractivity contribution in [1.82, 2.24) is 19.7 Å². The quantitative estimate of drug-likeness (QED) is 0.283. The van der Waals surface area contributed by atoms with E-state index in [-0.39, 0.29) is 28.5 Å². The van der Waals surface area contributed by atoms with Gasteiger partial charge in [0.25, 0.3) is 11.1 Å². The zero-order valence-electron chi connectivity index (χ0n) is 20.4. The van der Waals surface area contributed by atoms with Gasteiger partial charge in [-0.3, -0.25) is 14.6 Å². The van der Waals surface area contributed by atoms with Crippen LogP contribution < -0.4 is 16.4 Å². The first kappa shape index (κ1) is 28.7. The Kier molecular flexibility index (Phi) is 7.67. The molecule has 0 radical (unpaired) electrons. The summed E-state index contributed by atoms with van der Waals surface area (Å²) in [6.07, 6.45) is -9.15. The van der Waals surface area contributed by atoms with Crippen molar-refractivity contribution in [3.8, 4) is 11.3 Å². The highest BCUT2D eigenvalue weighted by Gasteiger charge is 2.37. The minimum atomic E-state index is -4.98. The van der Waals surface area contributed by atoms with Crippen molar-refractivity contribution >= 4 is 16.5 Å². The lowest BCUT2D eigenvalue weighted by atomic mass is 10.0. The average molecular weight is 573 g/mol. The Morgan fingerprint density at radius 2 is 1.75 bits per heavy atom. The van der Waals surface area contributed by atoms with Crippen LogP contribution in [0.25, 0.3) is 22.0 Å². The van der Waals surface area contributed by atoms with Crippen LogP contribution in [0.4, 0.5) is 40.8 Å². The zero-order valence-corrected chi connectivity index (χ0v) is 20.4. The van der Waals surface area contributed by atoms with E-state index < -0.39 is 64.9 Å². The van der Waals surface area contributed by atoms with Crippen molar-refractivity contribution in [2.45, 2.75) is 44.5 Å². The number of aromatic amines is 1. The van der Waals surface area contributed by atoms with E-state index in [0.29, 0.717) is 6.20 Å². The summed E-state index contributed by atoms with van der Waals surface area (Å²) in [6, 6.07) is 4.33. The number of benzene rings is 1. The lowest BCUT2D eigenvalue weighted by Gasteiger charge is -2.20. The fourth-order valence-electron chi connectivity index (χ4n) is 4.15. The van der Waals surface area contributed by atoms with Gasteiger partial charge in [-0.15, -0.1) is 0 Å². The average Bonchev–Trinajstić information content (AvgIpc) is 2.84. The van der Waals surface area contributed by atoms with Gasteiger partial charge in [-0.05, 0) is 42.6 Å². The zero-order chi connectivity index (χ0) is 29.4. The highest BCUT2D eigenvalue weighted by Crippen LogP contribution is 2.33. The first-order valence-corrected chi connectivity index (χ1v) is 11.6. The van der Waals surface area contributed by atoms with Crippen LogP contribution in [0.3, 0.4) is 0 Å². The Hall–Kier alpha value is -4.30. The van der Waals surface area contributed by atoms with Crippen molar-refractivity contribution in [2.75, 3.05) is 5.32 Å². The van der Waals surface area contributed by atoms with Crippen LogP contribution in [-0.4, -0.2) is 32.0 Å². The molecule has 4 rings (SSSR count). The van der Waals surface area contributed by atoms with Gasteiger partial charge in [0.1, 0.15) is 17.6 Å². The predicted molar refractivity (Wildman–Crippen MR) is 129 cm³/mol. The van der Waals surface area contributed by atoms with Crippen molar-refractivity contribution in [1.29, 1.82) is 0 Å². The Bertz CT molecular complexity index is 1650. The summed E-state index contributed by atoms with van der Waals surface area (Å²) in [5.41, 5.74) is -5.62. The van der Waals surface area contributed by atoms with E-state index in [9.17, 15) is 44.7 Å². The molecular formula is C25H19F8N5O2. The SMILES string of the molecule is C[C@@H](C[C@H](F)Cn1ccc2cc(-c3ccc(C(F)(F)F)cn3)c(F)cc2c1=O)Nc1cn[nH]c(=O)c1C(F)(F)F. The molecule has 0 bridgehead atoms. The molecule has 0 aliphatic carbocycles. The van der Waals surface area contributed by atoms with Crippen LogP contribution in [0.15, 0.2) is 58.5 Å². The molecule has 4 aromatic rings. The van der Waals surface area contributed by atoms with E-state index in [1.54, 1.807) is 5.10 Å². The second kappa shape index (κ2) is 10.7. The van der Waals surface area contributed by atoms with E-state index in [1.807, 2.05) is 0 Å². The molecule has 1 aromatic carbocycles. The molecule has 3 aromatic heterocycles. The summed E-state index contributed by atoms with van der Waals surface area (Å²) < 4.78 is 109. The molecule has 0 aliphatic rings. The van der Waals surface area contributed by atoms with Crippen LogP contribution in [0.1, 0.15) is 24.5 Å². The van der Waals surface area contributed by atoms with Gasteiger partial charge in [-0.25, -0.2) is 13.9 Å². The summed E-state index contributed by atoms with van der Waals surface area (Å²) in [5, 5.41) is 7.53. The number of pyridine rings is 2. The molecule has 0 spiro atoms. The topological polar surface area (TPSA) is 92.7 Å². The van der Waals surface area contributed by atoms with E-state index in [4.69, 9.17) is 0 Å². The van der Waals surface area contributed by atoms with E-state index in [1.165, 1.54) is 25.3 Å². The molecule has 0 saturated carbocycles. The van der Waals surface area contributed by atoms with Gasteiger partial charge in [0, 0.05) is 30.4 Å². The standard InChI is InChI=1S/C25H19F8N5O2/c1-12(36-20-10-35-37-22(39)21(20)25(31,32)33)6-15(26)11-38-5-4-13-7-17(18(27)8-16(13)23(38)40)19-3-2-14(9-34-19)24(28,29)30/h2-5,7-10,12,15H,6,11H2,1H3,(H2,36,37,39)/t12-,15-/m0/s1. The van der Waals surface area contributed by atoms with Gasteiger partial charge in [0.15, 0.2) is 0 Å². The fourth-order valence-corrected chi connectivity index (χ4v) is 4.15. The fraction of sp³-hybridized carbons (Fsp3) is 0.280. The number of hydrogen-bond acceptors (Lipinski definition) is 5. The summed E-state index contributed by atoms with van der Waals surface area (Å²) in [4.78, 5) is 28.1. The van der Waals surface area contributed by atoms with Crippen molar-refractivity contribution in [3.05, 3.63) is 86.6 Å². The number of aromatic nitrogens is 4. The molecular weight excluding hydrogens is 554 g/mol. The summed E-state index contributed by atoms with van der Waals surface area (Å²) in [6.45, 7) is 0.869. The highest BCUT2D eigenvalue weighted by molar-refractivity contribution is 5.86. The number of alkyl halides is 7. The van der Waals surface area contributed by atoms with Gasteiger partial charge >= 0.3 is 12.4 Å². The monoisotopic (exact) mass is 573 g/mol. The third-order valence-electron chi connectivity index (χ3n) is 5.98. The lowest BCUT2D eigenvalue weighted by Crippen LogP contribution is -2.30. The number of hydrogen-bond donors (Lipinski definition) is 2. The van der Waals surface area contributed by atoms with Crippen molar-refractivity contribution in [3.63, 3.8) is 0 Å². The first-order valence-electron chi connectivity index (χ1n) is 11.6. The third-order valence-corrected chi connectivity index (χ3v) is 5.98. The van der Waals surface area contributed by atoms with Crippen LogP contribution in [-0.2, 0) is 18.9 Å². The van der Waals surface area contributed by atoms with Gasteiger partial charge < -0.3 is 9.88 Å². The van der Waals surface area contributed by atoms with Gasteiger partial charge in [-0.1, -0.05) is 0 Å². The second-order valence-electron chi connectivity index (χ2n) is 8.99. The Morgan fingerprint density at radius 1 is 1.02 bits per heavy atom. The maximum atomic E-state index is 14.8. The predicted octanol–water partition coefficient (Wildman–Crippen LogP) is 5.55. The number of H-pyrrole nitrogens is 1. The number of nitrogens with zero attached hydrogens (tertiary/aromatic N) is 3. The van der Waals surface area contributed by atoms with Crippen molar-refractivity contribution < 1.29 is 35.1 Å². The molecule has 40 heavy (non-hydrogen) atoms. The maximum Gasteiger partial charge on any atom is 0.423 e. The summed E-state index contributed by atoms with van der Waals surface area (Å²) in [7, 11) is 0. The van der Waals surface area contributed by atoms with Crippen LogP contribution in [0, 0.1) is 5.82 Å². The largest absolute Gasteiger partial charge is 0.423 e. The van der Waals surface area contributed by atoms with Crippen molar-refractivity contribution in [2.24, 2.45) is 0 Å². The lowest BCUT2D eigenvalue weighted by molar-refractivity contribution is -0.138. The molecule has 7 nitrogen and oxygen atoms in total. The number of fused-ring (bicyclic) bond motifs is 1. The van der Waals surface area contributed by atoms with Gasteiger partial charge in [-0.2, -0.15) is 31.4 Å². The summed E-state index contributed by atoms with van der Waals surface area (Å²) in [5.74, 6) is -0.934. The van der Waals surface area contributed by atoms with Gasteiger partial charge in [0.05, 0.1) is 35.1 Å². The highest BCUT2D eigenvalue weighted by atomic mass is 19.4. The van der Waals surface area contributed by atoms with E-state index in [0.717, 1.165) is 29.0 Å². The molecule has 0 unspecified atom stereocenters. The van der Waals surface area contributed by atoms with Gasteiger partial charge in [0.2, 0.25) is 0 Å². The van der Waals surface area contributed by atoms with E-state index >= 15 is 0 Å². The van der Waals surface area contributed by atoms with E-state index in [2.05, 4.69) is 15.4 Å². The first-order chi connectivity index (χ1) is 18.6. The van der Waals surface area contributed by atoms with Crippen LogP contribution >= 0.6 is 0 Å². The minimum Gasteiger partial charge on any atom is -0.381 e. The Labute approximate surface area is 219 Å². The maximum absolute atomic E-state index is 14.8. The molecule has 2 atom stereocenters. The number of halogens is 8. The third kappa shape index (κ3) is 6.13. The normalized spacial score (nSPS) is 13.8. The second-order valence-corrected chi connectivity index (χ2v) is 8.99. The minimum absolute atomic E-state index is 0.0915. The molecule has 0 aliphatic heterocycles. The summed E-state index contributed by atoms with van der Waals surface area (Å²) >= 11 is 0. The van der Waals surface area contributed by atoms with Crippen LogP contribution in [0.2, 0.25) is 0 Å². The Balaban J connectivity index is 1.51. The molecule has 2 N–H and O–H groups in total. The molecule has 0 amide bonds. The smallest absolute Gasteiger partial charge is 0.381 e. The Morgan fingerprint density at radius 3 is 2.38 bits per heavy atom.